The Morgan fingerprint density at radius 1 is 0.212 bits per heavy atom. The predicted molar refractivity (Wildman–Crippen MR) is 288 cm³/mol. The van der Waals surface area contributed by atoms with Crippen LogP contribution in [-0.4, -0.2) is 130 Å². The van der Waals surface area contributed by atoms with Gasteiger partial charge in [-0.15, -0.1) is 0 Å². The van der Waals surface area contributed by atoms with Crippen LogP contribution < -0.4 is 47.9 Å². The van der Waals surface area contributed by atoms with E-state index in [1.54, 1.807) is 0 Å². The first-order valence-corrected chi connectivity index (χ1v) is 27.5. The van der Waals surface area contributed by atoms with Gasteiger partial charge in [0.1, 0.15) is 0 Å². The number of ether oxygens (including phenoxy) is 1. The van der Waals surface area contributed by atoms with Crippen molar-refractivity contribution < 1.29 is 4.74 Å². The summed E-state index contributed by atoms with van der Waals surface area (Å²) >= 11 is 0. The molecule has 6 spiro atoms. The molecule has 12 aliphatic rings. The molecule has 12 fully saturated rings. The van der Waals surface area contributed by atoms with Crippen molar-refractivity contribution in [1.29, 1.82) is 0 Å². The Morgan fingerprint density at radius 2 is 0.515 bits per heavy atom. The predicted octanol–water partition coefficient (Wildman–Crippen LogP) is 9.15. The summed E-state index contributed by atoms with van der Waals surface area (Å²) in [7, 11) is 0. The molecule has 10 heteroatoms. The Morgan fingerprint density at radius 3 is 0.864 bits per heavy atom. The molecule has 0 amide bonds. The number of nitrogens with one attached hydrogen (secondary N) is 9. The third-order valence-corrected chi connectivity index (χ3v) is 18.6. The second kappa shape index (κ2) is 31.1. The van der Waals surface area contributed by atoms with Crippen molar-refractivity contribution in [3.63, 3.8) is 0 Å². The van der Waals surface area contributed by atoms with E-state index in [9.17, 15) is 0 Å². The molecule has 9 N–H and O–H groups in total. The molecule has 66 heavy (non-hydrogen) atoms. The Labute approximate surface area is 411 Å². The average molecular weight is 933 g/mol. The van der Waals surface area contributed by atoms with Crippen molar-refractivity contribution in [3.8, 4) is 0 Å². The van der Waals surface area contributed by atoms with E-state index in [0.717, 1.165) is 54.4 Å². The van der Waals surface area contributed by atoms with E-state index >= 15 is 0 Å². The van der Waals surface area contributed by atoms with Crippen LogP contribution in [0.15, 0.2) is 0 Å². The number of hydrogen-bond donors (Lipinski definition) is 9. The molecule has 0 bridgehead atoms. The molecule has 0 atom stereocenters. The van der Waals surface area contributed by atoms with Crippen LogP contribution in [0, 0.1) is 27.1 Å². The Kier molecular flexibility index (Phi) is 28.3. The summed E-state index contributed by atoms with van der Waals surface area (Å²) in [5.74, 6) is 0. The summed E-state index contributed by atoms with van der Waals surface area (Å²) < 4.78 is 5.80. The molecule has 0 aromatic rings. The second-order valence-electron chi connectivity index (χ2n) is 23.1. The summed E-state index contributed by atoms with van der Waals surface area (Å²) in [5.41, 5.74) is 3.91. The number of morpholine rings is 1. The smallest absolute Gasteiger partial charge is 0.0831 e. The molecule has 0 unspecified atom stereocenters. The van der Waals surface area contributed by atoms with Gasteiger partial charge < -0.3 is 52.6 Å². The average Bonchev–Trinajstić information content (AvgIpc) is 3.98. The van der Waals surface area contributed by atoms with Gasteiger partial charge in [0.15, 0.2) is 0 Å². The summed E-state index contributed by atoms with van der Waals surface area (Å²) in [6.07, 6.45) is 39.0. The minimum absolute atomic E-state index is 0. The first kappa shape index (κ1) is 59.9. The standard InChI is InChI=1S/2C10H19N.C9H17N.C8H16N2O.C8H16N2.C7H14N2.4CH4/c1-2-5-10(6-3-1)7-4-8-11-9-10;1-2-4-10(5-3-1)6-8-11-9-7-10;1-2-4-9(5-3-1)6-7-10-8-9;1-3-9-4-2-8(1)7-10-5-6-11-8;1-4-9-5-2-8(1)3-6-10-7-8;1-3-8-4-2-7(1)5-9-6-7;;;;/h2*11H,1-9H2;10H,1-8H2;9-10H,1-7H2;9-10H,1-7H2;8-9H,1-6H2;4*1H4. The summed E-state index contributed by atoms with van der Waals surface area (Å²) in [5, 5.41) is 30.8. The van der Waals surface area contributed by atoms with Crippen molar-refractivity contribution >= 4 is 0 Å². The molecule has 3 aliphatic carbocycles. The van der Waals surface area contributed by atoms with E-state index in [1.165, 1.54) is 265 Å². The normalized spacial score (nSPS) is 29.1. The summed E-state index contributed by atoms with van der Waals surface area (Å²) in [6.45, 7) is 22.9. The highest BCUT2D eigenvalue weighted by molar-refractivity contribution is 4.96. The first-order valence-electron chi connectivity index (χ1n) is 27.5. The van der Waals surface area contributed by atoms with Crippen molar-refractivity contribution in [2.24, 2.45) is 27.1 Å². The van der Waals surface area contributed by atoms with Crippen LogP contribution in [0.1, 0.15) is 203 Å². The summed E-state index contributed by atoms with van der Waals surface area (Å²) in [6, 6.07) is 0. The van der Waals surface area contributed by atoms with E-state index in [-0.39, 0.29) is 35.3 Å². The van der Waals surface area contributed by atoms with Crippen LogP contribution in [-0.2, 0) is 4.74 Å². The second-order valence-corrected chi connectivity index (χ2v) is 23.1. The van der Waals surface area contributed by atoms with Crippen molar-refractivity contribution in [2.45, 2.75) is 209 Å². The molecule has 0 aromatic heterocycles. The maximum Gasteiger partial charge on any atom is 0.0831 e. The molecular formula is C56H117N9O. The fraction of sp³-hybridized carbons (Fsp3) is 1.00. The zero-order valence-corrected chi connectivity index (χ0v) is 40.4. The van der Waals surface area contributed by atoms with Gasteiger partial charge in [0.2, 0.25) is 0 Å². The molecule has 0 aromatic carbocycles. The third-order valence-electron chi connectivity index (χ3n) is 18.6. The fourth-order valence-electron chi connectivity index (χ4n) is 13.9. The van der Waals surface area contributed by atoms with Crippen molar-refractivity contribution in [3.05, 3.63) is 0 Å². The van der Waals surface area contributed by atoms with Crippen molar-refractivity contribution in [2.75, 3.05) is 124 Å². The summed E-state index contributed by atoms with van der Waals surface area (Å²) in [4.78, 5) is 0. The highest BCUT2D eigenvalue weighted by Crippen LogP contribution is 2.44. The lowest BCUT2D eigenvalue weighted by Gasteiger charge is -2.45. The Bertz CT molecular complexity index is 993. The number of rotatable bonds is 0. The number of hydrogen-bond acceptors (Lipinski definition) is 10. The minimum atomic E-state index is 0. The highest BCUT2D eigenvalue weighted by Gasteiger charge is 2.39. The van der Waals surface area contributed by atoms with E-state index in [2.05, 4.69) is 47.9 Å². The van der Waals surface area contributed by atoms with Gasteiger partial charge in [-0.1, -0.05) is 87.5 Å². The lowest BCUT2D eigenvalue weighted by atomic mass is 9.68. The Balaban J connectivity index is 0.000000208. The van der Waals surface area contributed by atoms with Gasteiger partial charge >= 0.3 is 0 Å². The van der Waals surface area contributed by atoms with Crippen LogP contribution in [0.3, 0.4) is 0 Å². The third kappa shape index (κ3) is 18.7. The number of piperidine rings is 5. The molecule has 9 heterocycles. The van der Waals surface area contributed by atoms with Crippen LogP contribution in [0.2, 0.25) is 0 Å². The maximum absolute atomic E-state index is 5.80. The van der Waals surface area contributed by atoms with E-state index in [1.807, 2.05) is 0 Å². The van der Waals surface area contributed by atoms with Gasteiger partial charge in [0.25, 0.3) is 0 Å². The molecule has 9 aliphatic heterocycles. The topological polar surface area (TPSA) is 118 Å². The fourth-order valence-corrected chi connectivity index (χ4v) is 13.9. The van der Waals surface area contributed by atoms with Gasteiger partial charge in [-0.05, 0) is 215 Å². The maximum atomic E-state index is 5.80. The minimum Gasteiger partial charge on any atom is -0.372 e. The zero-order chi connectivity index (χ0) is 42.6. The lowest BCUT2D eigenvalue weighted by Crippen LogP contribution is -2.57. The van der Waals surface area contributed by atoms with Crippen LogP contribution >= 0.6 is 0 Å². The van der Waals surface area contributed by atoms with Gasteiger partial charge in [0.05, 0.1) is 12.2 Å². The molecule has 0 radical (unpaired) electrons. The molecule has 12 rings (SSSR count). The zero-order valence-electron chi connectivity index (χ0n) is 40.4. The molecular weight excluding hydrogens is 815 g/mol. The lowest BCUT2D eigenvalue weighted by molar-refractivity contribution is -0.0832. The molecule has 9 saturated heterocycles. The monoisotopic (exact) mass is 932 g/mol. The van der Waals surface area contributed by atoms with E-state index in [0.29, 0.717) is 5.41 Å². The molecule has 10 nitrogen and oxygen atoms in total. The van der Waals surface area contributed by atoms with Crippen LogP contribution in [0.25, 0.3) is 0 Å². The Hall–Kier alpha value is -0.400. The van der Waals surface area contributed by atoms with Crippen molar-refractivity contribution in [1.82, 2.24) is 47.9 Å². The van der Waals surface area contributed by atoms with E-state index < -0.39 is 0 Å². The first-order chi connectivity index (χ1) is 30.5. The van der Waals surface area contributed by atoms with Gasteiger partial charge in [-0.25, -0.2) is 0 Å². The SMILES string of the molecule is C.C.C.C.C1CC2(CCN1)CCNC2.C1CC2(CCN1)CNC2.C1CC2(CCN1)CNCCO2.C1CCC2(CC1)CCCNC2.C1CCC2(CC1)CCNC2.C1CCC2(CC1)CCNCC2. The quantitative estimate of drug-likeness (QED) is 0.117. The molecule has 392 valence electrons. The van der Waals surface area contributed by atoms with Crippen LogP contribution in [0.4, 0.5) is 0 Å². The largest absolute Gasteiger partial charge is 0.372 e. The van der Waals surface area contributed by atoms with E-state index in [4.69, 9.17) is 4.74 Å². The van der Waals surface area contributed by atoms with Gasteiger partial charge in [-0.3, -0.25) is 0 Å². The molecule has 3 saturated carbocycles. The highest BCUT2D eigenvalue weighted by atomic mass is 16.5. The van der Waals surface area contributed by atoms with Gasteiger partial charge in [0, 0.05) is 45.8 Å². The van der Waals surface area contributed by atoms with Gasteiger partial charge in [-0.2, -0.15) is 0 Å². The van der Waals surface area contributed by atoms with Crippen LogP contribution in [0.5, 0.6) is 0 Å².